The highest BCUT2D eigenvalue weighted by molar-refractivity contribution is 5.95. The smallest absolute Gasteiger partial charge is 0.254 e. The van der Waals surface area contributed by atoms with Crippen molar-refractivity contribution in [3.63, 3.8) is 0 Å². The molecule has 192 valence electrons. The molecule has 6 nitrogen and oxygen atoms in total. The molecule has 0 saturated carbocycles. The Morgan fingerprint density at radius 2 is 1.76 bits per heavy atom. The molecular formula is C29H29F2N3O3. The van der Waals surface area contributed by atoms with Gasteiger partial charge in [-0.3, -0.25) is 4.79 Å². The van der Waals surface area contributed by atoms with E-state index in [0.29, 0.717) is 22.6 Å². The summed E-state index contributed by atoms with van der Waals surface area (Å²) in [5, 5.41) is 10.9. The van der Waals surface area contributed by atoms with E-state index in [1.54, 1.807) is 24.3 Å². The Morgan fingerprint density at radius 1 is 1.03 bits per heavy atom. The van der Waals surface area contributed by atoms with Gasteiger partial charge in [-0.2, -0.15) is 0 Å². The molecule has 37 heavy (non-hydrogen) atoms. The van der Waals surface area contributed by atoms with Gasteiger partial charge >= 0.3 is 0 Å². The summed E-state index contributed by atoms with van der Waals surface area (Å²) in [4.78, 5) is 19.3. The molecule has 1 amide bonds. The van der Waals surface area contributed by atoms with Crippen molar-refractivity contribution in [2.75, 3.05) is 6.54 Å². The number of oxazole rings is 1. The van der Waals surface area contributed by atoms with Gasteiger partial charge < -0.3 is 20.2 Å². The van der Waals surface area contributed by atoms with Crippen LogP contribution < -0.4 is 5.73 Å². The van der Waals surface area contributed by atoms with Gasteiger partial charge in [-0.25, -0.2) is 13.8 Å². The molecule has 4 rings (SSSR count). The van der Waals surface area contributed by atoms with Crippen LogP contribution in [-0.4, -0.2) is 39.6 Å². The normalized spacial score (nSPS) is 12.8. The minimum Gasteiger partial charge on any atom is -0.445 e. The van der Waals surface area contributed by atoms with E-state index in [2.05, 4.69) is 4.98 Å². The van der Waals surface area contributed by atoms with Crippen LogP contribution in [0.2, 0.25) is 0 Å². The van der Waals surface area contributed by atoms with Crippen molar-refractivity contribution in [1.29, 1.82) is 0 Å². The van der Waals surface area contributed by atoms with Gasteiger partial charge in [-0.15, -0.1) is 0 Å². The van der Waals surface area contributed by atoms with Gasteiger partial charge in [-0.05, 0) is 59.9 Å². The van der Waals surface area contributed by atoms with Gasteiger partial charge in [0.15, 0.2) is 0 Å². The summed E-state index contributed by atoms with van der Waals surface area (Å²) in [6.07, 6.45) is 2.73. The van der Waals surface area contributed by atoms with Crippen LogP contribution in [0.4, 0.5) is 8.78 Å². The zero-order valence-electron chi connectivity index (χ0n) is 20.5. The summed E-state index contributed by atoms with van der Waals surface area (Å²) in [6.45, 7) is 2.22. The van der Waals surface area contributed by atoms with E-state index in [1.807, 2.05) is 31.2 Å². The van der Waals surface area contributed by atoms with Crippen molar-refractivity contribution >= 4 is 5.91 Å². The van der Waals surface area contributed by atoms with Crippen molar-refractivity contribution < 1.29 is 23.1 Å². The molecule has 8 heteroatoms. The summed E-state index contributed by atoms with van der Waals surface area (Å²) < 4.78 is 32.6. The molecule has 0 spiro atoms. The number of halogens is 2. The Balaban J connectivity index is 1.57. The first-order valence-corrected chi connectivity index (χ1v) is 12.1. The summed E-state index contributed by atoms with van der Waals surface area (Å²) >= 11 is 0. The molecule has 3 aromatic carbocycles. The van der Waals surface area contributed by atoms with Gasteiger partial charge in [0.1, 0.15) is 17.9 Å². The fourth-order valence-corrected chi connectivity index (χ4v) is 4.22. The highest BCUT2D eigenvalue weighted by Gasteiger charge is 2.24. The molecule has 0 fully saturated rings. The third-order valence-corrected chi connectivity index (χ3v) is 6.14. The van der Waals surface area contributed by atoms with Crippen molar-refractivity contribution in [3.8, 4) is 11.5 Å². The quantitative estimate of drug-likeness (QED) is 0.324. The number of nitrogens with two attached hydrogens (primary N) is 1. The van der Waals surface area contributed by atoms with E-state index in [1.165, 1.54) is 29.5 Å². The largest absolute Gasteiger partial charge is 0.445 e. The molecule has 0 aliphatic heterocycles. The van der Waals surface area contributed by atoms with Crippen LogP contribution in [0.15, 0.2) is 83.6 Å². The third-order valence-electron chi connectivity index (χ3n) is 6.14. The average Bonchev–Trinajstić information content (AvgIpc) is 3.42. The topological polar surface area (TPSA) is 92.6 Å². The van der Waals surface area contributed by atoms with Crippen LogP contribution in [0.1, 0.15) is 34.0 Å². The van der Waals surface area contributed by atoms with Crippen molar-refractivity contribution in [2.24, 2.45) is 5.73 Å². The zero-order chi connectivity index (χ0) is 26.4. The second kappa shape index (κ2) is 11.9. The van der Waals surface area contributed by atoms with Gasteiger partial charge in [0.05, 0.1) is 12.3 Å². The standard InChI is InChI=1S/C29H29F2N3O3/c1-2-19-5-3-6-20(11-19)17-34(18-27(35)26(32)14-21-12-24(30)16-25(31)13-21)29(36)23-8-4-7-22(15-23)28-33-9-10-37-28/h3-13,15-16,26-27,35H,2,14,17-18,32H2,1H3/t26-,27+/m0/s1. The maximum Gasteiger partial charge on any atom is 0.254 e. The van der Waals surface area contributed by atoms with Gasteiger partial charge in [0.2, 0.25) is 5.89 Å². The zero-order valence-corrected chi connectivity index (χ0v) is 20.5. The summed E-state index contributed by atoms with van der Waals surface area (Å²) in [5.74, 6) is -1.34. The van der Waals surface area contributed by atoms with E-state index < -0.39 is 23.8 Å². The summed E-state index contributed by atoms with van der Waals surface area (Å²) in [6, 6.07) is 17.1. The number of aliphatic hydroxyl groups is 1. The first-order valence-electron chi connectivity index (χ1n) is 12.1. The molecule has 1 aromatic heterocycles. The van der Waals surface area contributed by atoms with E-state index in [9.17, 15) is 18.7 Å². The molecular weight excluding hydrogens is 476 g/mol. The van der Waals surface area contributed by atoms with Crippen LogP contribution in [0.3, 0.4) is 0 Å². The summed E-state index contributed by atoms with van der Waals surface area (Å²) in [7, 11) is 0. The Labute approximate surface area is 214 Å². The first kappa shape index (κ1) is 26.2. The second-order valence-electron chi connectivity index (χ2n) is 8.99. The number of hydrogen-bond donors (Lipinski definition) is 2. The molecule has 0 saturated heterocycles. The minimum atomic E-state index is -1.14. The SMILES string of the molecule is CCc1cccc(CN(C[C@@H](O)[C@@H](N)Cc2cc(F)cc(F)c2)C(=O)c2cccc(-c3ncco3)c2)c1. The molecule has 4 aromatic rings. The third kappa shape index (κ3) is 6.87. The predicted molar refractivity (Wildman–Crippen MR) is 137 cm³/mol. The van der Waals surface area contributed by atoms with Gasteiger partial charge in [-0.1, -0.05) is 37.3 Å². The number of benzene rings is 3. The molecule has 0 radical (unpaired) electrons. The number of carbonyl (C=O) groups is 1. The van der Waals surface area contributed by atoms with E-state index in [0.717, 1.165) is 23.6 Å². The molecule has 0 bridgehead atoms. The lowest BCUT2D eigenvalue weighted by atomic mass is 10.0. The monoisotopic (exact) mass is 505 g/mol. The maximum absolute atomic E-state index is 13.7. The number of aliphatic hydroxyl groups excluding tert-OH is 1. The highest BCUT2D eigenvalue weighted by Crippen LogP contribution is 2.21. The van der Waals surface area contributed by atoms with Crippen molar-refractivity contribution in [2.45, 2.75) is 38.5 Å². The van der Waals surface area contributed by atoms with Gasteiger partial charge in [0.25, 0.3) is 5.91 Å². The Kier molecular flexibility index (Phi) is 8.43. The summed E-state index contributed by atoms with van der Waals surface area (Å²) in [5.41, 5.74) is 9.62. The molecule has 0 aliphatic carbocycles. The van der Waals surface area contributed by atoms with Crippen LogP contribution >= 0.6 is 0 Å². The number of hydrogen-bond acceptors (Lipinski definition) is 5. The van der Waals surface area contributed by atoms with E-state index in [4.69, 9.17) is 10.2 Å². The number of amides is 1. The highest BCUT2D eigenvalue weighted by atomic mass is 19.1. The average molecular weight is 506 g/mol. The minimum absolute atomic E-state index is 0.0445. The second-order valence-corrected chi connectivity index (χ2v) is 8.99. The molecule has 2 atom stereocenters. The van der Waals surface area contributed by atoms with Crippen LogP contribution in [-0.2, 0) is 19.4 Å². The lowest BCUT2D eigenvalue weighted by molar-refractivity contribution is 0.0554. The van der Waals surface area contributed by atoms with E-state index >= 15 is 0 Å². The maximum atomic E-state index is 13.7. The fourth-order valence-electron chi connectivity index (χ4n) is 4.22. The molecule has 0 unspecified atom stereocenters. The Morgan fingerprint density at radius 3 is 2.46 bits per heavy atom. The molecule has 1 heterocycles. The van der Waals surface area contributed by atoms with Gasteiger partial charge in [0, 0.05) is 36.3 Å². The predicted octanol–water partition coefficient (Wildman–Crippen LogP) is 4.76. The first-order chi connectivity index (χ1) is 17.8. The van der Waals surface area contributed by atoms with E-state index in [-0.39, 0.29) is 25.4 Å². The number of carbonyl (C=O) groups excluding carboxylic acids is 1. The van der Waals surface area contributed by atoms with Crippen molar-refractivity contribution in [1.82, 2.24) is 9.88 Å². The van der Waals surface area contributed by atoms with Crippen molar-refractivity contribution in [3.05, 3.63) is 113 Å². The Hall–Kier alpha value is -3.88. The number of aryl methyl sites for hydroxylation is 1. The van der Waals surface area contributed by atoms with Crippen LogP contribution in [0.5, 0.6) is 0 Å². The fraction of sp³-hybridized carbons (Fsp3) is 0.241. The Bertz CT molecular complexity index is 1320. The number of aromatic nitrogens is 1. The lowest BCUT2D eigenvalue weighted by Gasteiger charge is -2.28. The van der Waals surface area contributed by atoms with Crippen LogP contribution in [0.25, 0.3) is 11.5 Å². The molecule has 0 aliphatic rings. The lowest BCUT2D eigenvalue weighted by Crippen LogP contribution is -2.46. The van der Waals surface area contributed by atoms with Crippen LogP contribution in [0, 0.1) is 11.6 Å². The number of rotatable bonds is 10. The number of nitrogens with zero attached hydrogens (tertiary/aromatic N) is 2. The molecule has 3 N–H and O–H groups in total.